The zero-order valence-corrected chi connectivity index (χ0v) is 11.8. The van der Waals surface area contributed by atoms with Crippen molar-refractivity contribution >= 4 is 11.6 Å². The van der Waals surface area contributed by atoms with Crippen LogP contribution >= 0.6 is 0 Å². The average molecular weight is 261 g/mol. The van der Waals surface area contributed by atoms with Crippen molar-refractivity contribution in [2.24, 2.45) is 0 Å². The summed E-state index contributed by atoms with van der Waals surface area (Å²) < 4.78 is 0. The zero-order chi connectivity index (χ0) is 13.7. The fraction of sp³-hybridized carbons (Fsp3) is 0.533. The molecular weight excluding hydrogens is 238 g/mol. The quantitative estimate of drug-likeness (QED) is 0.844. The van der Waals surface area contributed by atoms with Gasteiger partial charge in [0.2, 0.25) is 5.91 Å². The fourth-order valence-corrected chi connectivity index (χ4v) is 2.41. The zero-order valence-electron chi connectivity index (χ0n) is 11.8. The number of para-hydroxylation sites is 1. The van der Waals surface area contributed by atoms with E-state index < -0.39 is 0 Å². The number of fused-ring (bicyclic) bond motifs is 1. The van der Waals surface area contributed by atoms with E-state index in [0.717, 1.165) is 25.9 Å². The number of nitrogens with one attached hydrogen (secondary N) is 2. The standard InChI is InChI=1S/C15H23N3O/c1-3-8-16-15(19)11-18(2)13-9-12-6-4-5-7-14(12)17-10-13/h4-7,13,17H,3,8-11H2,1-2H3,(H,16,19). The number of carbonyl (C=O) groups excluding carboxylic acids is 1. The van der Waals surface area contributed by atoms with Crippen molar-refractivity contribution in [2.75, 3.05) is 32.0 Å². The number of likely N-dealkylation sites (N-methyl/N-ethyl adjacent to an activating group) is 1. The van der Waals surface area contributed by atoms with Gasteiger partial charge in [-0.1, -0.05) is 25.1 Å². The van der Waals surface area contributed by atoms with Gasteiger partial charge >= 0.3 is 0 Å². The van der Waals surface area contributed by atoms with Crippen LogP contribution in [0, 0.1) is 0 Å². The summed E-state index contributed by atoms with van der Waals surface area (Å²) in [5.74, 6) is 0.114. The van der Waals surface area contributed by atoms with Crippen molar-refractivity contribution in [3.05, 3.63) is 29.8 Å². The third-order valence-corrected chi connectivity index (χ3v) is 3.59. The first-order valence-electron chi connectivity index (χ1n) is 6.99. The second kappa shape index (κ2) is 6.57. The molecule has 4 heteroatoms. The van der Waals surface area contributed by atoms with E-state index in [2.05, 4.69) is 40.7 Å². The maximum atomic E-state index is 11.7. The summed E-state index contributed by atoms with van der Waals surface area (Å²) in [5.41, 5.74) is 2.56. The minimum atomic E-state index is 0.114. The van der Waals surface area contributed by atoms with Gasteiger partial charge in [-0.3, -0.25) is 9.69 Å². The first-order chi connectivity index (χ1) is 9.20. The number of carbonyl (C=O) groups is 1. The lowest BCUT2D eigenvalue weighted by molar-refractivity contribution is -0.122. The molecule has 0 saturated heterocycles. The topological polar surface area (TPSA) is 44.4 Å². The van der Waals surface area contributed by atoms with Gasteiger partial charge in [0.25, 0.3) is 0 Å². The van der Waals surface area contributed by atoms with Crippen LogP contribution in [0.2, 0.25) is 0 Å². The van der Waals surface area contributed by atoms with Crippen LogP contribution in [0.25, 0.3) is 0 Å². The van der Waals surface area contributed by atoms with Gasteiger partial charge < -0.3 is 10.6 Å². The van der Waals surface area contributed by atoms with Crippen LogP contribution in [0.1, 0.15) is 18.9 Å². The van der Waals surface area contributed by atoms with Crippen LogP contribution in [-0.2, 0) is 11.2 Å². The lowest BCUT2D eigenvalue weighted by Gasteiger charge is -2.32. The Morgan fingerprint density at radius 1 is 1.47 bits per heavy atom. The second-order valence-corrected chi connectivity index (χ2v) is 5.16. The molecule has 19 heavy (non-hydrogen) atoms. The molecule has 0 bridgehead atoms. The van der Waals surface area contributed by atoms with Gasteiger partial charge in [-0.2, -0.15) is 0 Å². The minimum absolute atomic E-state index is 0.114. The van der Waals surface area contributed by atoms with Gasteiger partial charge in [0, 0.05) is 24.8 Å². The van der Waals surface area contributed by atoms with E-state index in [-0.39, 0.29) is 5.91 Å². The molecule has 1 aromatic rings. The van der Waals surface area contributed by atoms with E-state index in [1.54, 1.807) is 0 Å². The molecule has 2 rings (SSSR count). The van der Waals surface area contributed by atoms with Gasteiger partial charge in [0.05, 0.1) is 6.54 Å². The van der Waals surface area contributed by atoms with E-state index in [4.69, 9.17) is 0 Å². The van der Waals surface area contributed by atoms with Crippen molar-refractivity contribution in [2.45, 2.75) is 25.8 Å². The average Bonchev–Trinajstić information content (AvgIpc) is 2.44. The molecule has 1 heterocycles. The number of hydrogen-bond acceptors (Lipinski definition) is 3. The Balaban J connectivity index is 1.88. The molecule has 1 aliphatic heterocycles. The summed E-state index contributed by atoms with van der Waals surface area (Å²) in [7, 11) is 2.02. The molecule has 1 aromatic carbocycles. The van der Waals surface area contributed by atoms with Crippen LogP contribution in [0.4, 0.5) is 5.69 Å². The largest absolute Gasteiger partial charge is 0.383 e. The van der Waals surface area contributed by atoms with Crippen LogP contribution in [0.15, 0.2) is 24.3 Å². The molecule has 2 N–H and O–H groups in total. The number of nitrogens with zero attached hydrogens (tertiary/aromatic N) is 1. The third kappa shape index (κ3) is 3.70. The van der Waals surface area contributed by atoms with E-state index >= 15 is 0 Å². The summed E-state index contributed by atoms with van der Waals surface area (Å²) in [5, 5.41) is 6.36. The molecule has 0 spiro atoms. The van der Waals surface area contributed by atoms with Crippen LogP contribution in [-0.4, -0.2) is 43.5 Å². The highest BCUT2D eigenvalue weighted by Crippen LogP contribution is 2.22. The molecule has 0 aliphatic carbocycles. The summed E-state index contributed by atoms with van der Waals surface area (Å²) in [4.78, 5) is 13.9. The first-order valence-corrected chi connectivity index (χ1v) is 6.99. The predicted molar refractivity (Wildman–Crippen MR) is 78.4 cm³/mol. The van der Waals surface area contributed by atoms with Gasteiger partial charge in [-0.15, -0.1) is 0 Å². The number of rotatable bonds is 5. The Bertz CT molecular complexity index is 433. The van der Waals surface area contributed by atoms with Crippen molar-refractivity contribution in [1.82, 2.24) is 10.2 Å². The Hall–Kier alpha value is -1.55. The number of hydrogen-bond donors (Lipinski definition) is 2. The predicted octanol–water partition coefficient (Wildman–Crippen LogP) is 1.48. The van der Waals surface area contributed by atoms with E-state index in [1.807, 2.05) is 13.1 Å². The molecule has 4 nitrogen and oxygen atoms in total. The smallest absolute Gasteiger partial charge is 0.234 e. The Morgan fingerprint density at radius 2 is 2.26 bits per heavy atom. The molecule has 1 atom stereocenters. The van der Waals surface area contributed by atoms with E-state index in [9.17, 15) is 4.79 Å². The third-order valence-electron chi connectivity index (χ3n) is 3.59. The molecule has 1 amide bonds. The second-order valence-electron chi connectivity index (χ2n) is 5.16. The highest BCUT2D eigenvalue weighted by Gasteiger charge is 2.22. The van der Waals surface area contributed by atoms with Crippen molar-refractivity contribution in [3.63, 3.8) is 0 Å². The van der Waals surface area contributed by atoms with Crippen LogP contribution < -0.4 is 10.6 Å². The highest BCUT2D eigenvalue weighted by atomic mass is 16.2. The number of benzene rings is 1. The van der Waals surface area contributed by atoms with Crippen LogP contribution in [0.5, 0.6) is 0 Å². The number of anilines is 1. The lowest BCUT2D eigenvalue weighted by Crippen LogP contribution is -2.46. The lowest BCUT2D eigenvalue weighted by atomic mass is 9.99. The Kier molecular flexibility index (Phi) is 4.80. The van der Waals surface area contributed by atoms with Crippen molar-refractivity contribution in [1.29, 1.82) is 0 Å². The SMILES string of the molecule is CCCNC(=O)CN(C)C1CNc2ccccc2C1. The maximum absolute atomic E-state index is 11.7. The molecule has 0 radical (unpaired) electrons. The van der Waals surface area contributed by atoms with Gasteiger partial charge in [0.15, 0.2) is 0 Å². The Labute approximate surface area is 115 Å². The maximum Gasteiger partial charge on any atom is 0.234 e. The molecule has 0 saturated carbocycles. The normalized spacial score (nSPS) is 17.7. The molecule has 0 fully saturated rings. The van der Waals surface area contributed by atoms with Crippen molar-refractivity contribution in [3.8, 4) is 0 Å². The number of amides is 1. The van der Waals surface area contributed by atoms with Gasteiger partial charge in [-0.25, -0.2) is 0 Å². The fourth-order valence-electron chi connectivity index (χ4n) is 2.41. The first kappa shape index (κ1) is 13.9. The molecular formula is C15H23N3O. The summed E-state index contributed by atoms with van der Waals surface area (Å²) in [6, 6.07) is 8.76. The minimum Gasteiger partial charge on any atom is -0.383 e. The molecule has 1 unspecified atom stereocenters. The van der Waals surface area contributed by atoms with Crippen LogP contribution in [0.3, 0.4) is 0 Å². The molecule has 104 valence electrons. The van der Waals surface area contributed by atoms with E-state index in [1.165, 1.54) is 11.3 Å². The van der Waals surface area contributed by atoms with Gasteiger partial charge in [0.1, 0.15) is 0 Å². The monoisotopic (exact) mass is 261 g/mol. The molecule has 0 aromatic heterocycles. The molecule has 1 aliphatic rings. The Morgan fingerprint density at radius 3 is 3.05 bits per heavy atom. The van der Waals surface area contributed by atoms with Gasteiger partial charge in [-0.05, 0) is 31.5 Å². The van der Waals surface area contributed by atoms with Crippen molar-refractivity contribution < 1.29 is 4.79 Å². The van der Waals surface area contributed by atoms with E-state index in [0.29, 0.717) is 12.6 Å². The summed E-state index contributed by atoms with van der Waals surface area (Å²) >= 11 is 0. The summed E-state index contributed by atoms with van der Waals surface area (Å²) in [6.07, 6.45) is 1.98. The summed E-state index contributed by atoms with van der Waals surface area (Å²) in [6.45, 7) is 4.19. The highest BCUT2D eigenvalue weighted by molar-refractivity contribution is 5.78.